The van der Waals surface area contributed by atoms with Crippen LogP contribution in [0.25, 0.3) is 0 Å². The average molecular weight is 330 g/mol. The van der Waals surface area contributed by atoms with E-state index in [1.807, 2.05) is 18.2 Å². The molecular weight excluding hydrogens is 304 g/mol. The summed E-state index contributed by atoms with van der Waals surface area (Å²) in [4.78, 5) is 7.36. The van der Waals surface area contributed by atoms with Crippen LogP contribution in [0.3, 0.4) is 0 Å². The van der Waals surface area contributed by atoms with Crippen molar-refractivity contribution < 1.29 is 9.47 Å². The summed E-state index contributed by atoms with van der Waals surface area (Å²) in [6.45, 7) is 6.18. The van der Waals surface area contributed by atoms with Crippen molar-refractivity contribution in [1.82, 2.24) is 15.5 Å². The first-order valence-corrected chi connectivity index (χ1v) is 9.00. The van der Waals surface area contributed by atoms with Gasteiger partial charge in [0.25, 0.3) is 0 Å². The Morgan fingerprint density at radius 3 is 3.04 bits per heavy atom. The minimum Gasteiger partial charge on any atom is -0.454 e. The number of benzene rings is 1. The maximum absolute atomic E-state index is 5.56. The molecule has 24 heavy (non-hydrogen) atoms. The normalized spacial score (nSPS) is 23.5. The van der Waals surface area contributed by atoms with Gasteiger partial charge in [-0.2, -0.15) is 0 Å². The Bertz CT molecular complexity index is 615. The van der Waals surface area contributed by atoms with Crippen molar-refractivity contribution in [3.8, 4) is 11.5 Å². The third-order valence-corrected chi connectivity index (χ3v) is 4.85. The Morgan fingerprint density at radius 1 is 1.29 bits per heavy atom. The predicted molar refractivity (Wildman–Crippen MR) is 93.5 cm³/mol. The van der Waals surface area contributed by atoms with Crippen LogP contribution in [-0.4, -0.2) is 49.4 Å². The average Bonchev–Trinajstić information content (AvgIpc) is 3.14. The lowest BCUT2D eigenvalue weighted by Gasteiger charge is -2.18. The zero-order valence-electron chi connectivity index (χ0n) is 14.3. The Morgan fingerprint density at radius 2 is 2.21 bits per heavy atom. The van der Waals surface area contributed by atoms with E-state index >= 15 is 0 Å². The fourth-order valence-electron chi connectivity index (χ4n) is 3.47. The first kappa shape index (κ1) is 15.6. The van der Waals surface area contributed by atoms with Crippen molar-refractivity contribution in [2.24, 2.45) is 4.99 Å². The summed E-state index contributed by atoms with van der Waals surface area (Å²) < 4.78 is 11.0. The molecule has 1 aromatic rings. The number of para-hydroxylation sites is 1. The molecule has 2 aliphatic heterocycles. The van der Waals surface area contributed by atoms with Gasteiger partial charge in [-0.1, -0.05) is 12.1 Å². The number of hydrogen-bond acceptors (Lipinski definition) is 4. The van der Waals surface area contributed by atoms with E-state index in [0.29, 0.717) is 19.4 Å². The number of aliphatic imine (C=N–C) groups is 1. The zero-order chi connectivity index (χ0) is 16.4. The molecule has 1 atom stereocenters. The molecule has 1 aliphatic carbocycles. The van der Waals surface area contributed by atoms with E-state index in [2.05, 4.69) is 22.5 Å². The molecule has 0 radical (unpaired) electrons. The minimum absolute atomic E-state index is 0.299. The molecule has 2 N–H and O–H groups in total. The van der Waals surface area contributed by atoms with Crippen molar-refractivity contribution in [2.75, 3.05) is 26.4 Å². The topological polar surface area (TPSA) is 58.1 Å². The molecule has 3 aliphatic rings. The van der Waals surface area contributed by atoms with Crippen molar-refractivity contribution in [1.29, 1.82) is 0 Å². The Balaban J connectivity index is 1.39. The maximum atomic E-state index is 5.56. The van der Waals surface area contributed by atoms with E-state index in [1.54, 1.807) is 0 Å². The molecule has 4 rings (SSSR count). The van der Waals surface area contributed by atoms with E-state index in [4.69, 9.17) is 14.5 Å². The van der Waals surface area contributed by atoms with Crippen LogP contribution in [-0.2, 0) is 6.54 Å². The summed E-state index contributed by atoms with van der Waals surface area (Å²) in [5.74, 6) is 2.53. The van der Waals surface area contributed by atoms with Gasteiger partial charge >= 0.3 is 0 Å². The van der Waals surface area contributed by atoms with Crippen LogP contribution in [0.5, 0.6) is 11.5 Å². The second kappa shape index (κ2) is 6.89. The number of ether oxygens (including phenoxy) is 2. The number of guanidine groups is 1. The van der Waals surface area contributed by atoms with E-state index in [0.717, 1.165) is 42.2 Å². The second-order valence-corrected chi connectivity index (χ2v) is 6.70. The number of fused-ring (bicyclic) bond motifs is 1. The minimum atomic E-state index is 0.299. The van der Waals surface area contributed by atoms with Gasteiger partial charge in [0.05, 0.1) is 6.54 Å². The van der Waals surface area contributed by atoms with Crippen LogP contribution in [0.15, 0.2) is 23.2 Å². The molecule has 130 valence electrons. The van der Waals surface area contributed by atoms with Crippen molar-refractivity contribution >= 4 is 5.96 Å². The molecule has 0 spiro atoms. The highest BCUT2D eigenvalue weighted by atomic mass is 16.7. The summed E-state index contributed by atoms with van der Waals surface area (Å²) in [5.41, 5.74) is 1.06. The third-order valence-electron chi connectivity index (χ3n) is 4.85. The lowest BCUT2D eigenvalue weighted by atomic mass is 10.2. The first-order valence-electron chi connectivity index (χ1n) is 9.00. The van der Waals surface area contributed by atoms with Crippen molar-refractivity contribution in [2.45, 2.75) is 44.8 Å². The molecular formula is C18H26N4O2. The Labute approximate surface area is 143 Å². The number of likely N-dealkylation sites (tertiary alicyclic amines) is 1. The lowest BCUT2D eigenvalue weighted by Crippen LogP contribution is -2.44. The lowest BCUT2D eigenvalue weighted by molar-refractivity contribution is 0.173. The monoisotopic (exact) mass is 330 g/mol. The molecule has 2 heterocycles. The maximum Gasteiger partial charge on any atom is 0.231 e. The molecule has 1 saturated heterocycles. The highest BCUT2D eigenvalue weighted by Crippen LogP contribution is 2.35. The smallest absolute Gasteiger partial charge is 0.231 e. The van der Waals surface area contributed by atoms with Crippen LogP contribution in [0.4, 0.5) is 0 Å². The van der Waals surface area contributed by atoms with Gasteiger partial charge < -0.3 is 20.1 Å². The number of nitrogens with one attached hydrogen (secondary N) is 2. The fourth-order valence-corrected chi connectivity index (χ4v) is 3.47. The first-order chi connectivity index (χ1) is 11.8. The predicted octanol–water partition coefficient (Wildman–Crippen LogP) is 1.71. The summed E-state index contributed by atoms with van der Waals surface area (Å²) in [5, 5.41) is 6.95. The van der Waals surface area contributed by atoms with Crippen LogP contribution >= 0.6 is 0 Å². The molecule has 0 aromatic heterocycles. The van der Waals surface area contributed by atoms with Gasteiger partial charge in [-0.05, 0) is 32.3 Å². The number of nitrogens with zero attached hydrogens (tertiary/aromatic N) is 2. The van der Waals surface area contributed by atoms with Crippen LogP contribution in [0.1, 0.15) is 31.7 Å². The molecule has 1 saturated carbocycles. The van der Waals surface area contributed by atoms with Gasteiger partial charge in [-0.25, -0.2) is 4.99 Å². The molecule has 6 nitrogen and oxygen atoms in total. The fraction of sp³-hybridized carbons (Fsp3) is 0.611. The SMILES string of the molecule is CCNC(=NCc1cccc2c1OCO2)NC1CCN(C2CC2)C1. The van der Waals surface area contributed by atoms with Gasteiger partial charge in [0.1, 0.15) is 0 Å². The third kappa shape index (κ3) is 3.43. The van der Waals surface area contributed by atoms with Crippen LogP contribution in [0, 0.1) is 0 Å². The van der Waals surface area contributed by atoms with Crippen molar-refractivity contribution in [3.63, 3.8) is 0 Å². The summed E-state index contributed by atoms with van der Waals surface area (Å²) in [6, 6.07) is 7.31. The quantitative estimate of drug-likeness (QED) is 0.636. The van der Waals surface area contributed by atoms with Crippen LogP contribution in [0.2, 0.25) is 0 Å². The Hall–Kier alpha value is -1.95. The standard InChI is InChI=1S/C18H26N4O2/c1-2-19-18(21-14-8-9-22(11-14)15-6-7-15)20-10-13-4-3-5-16-17(13)24-12-23-16/h3-5,14-15H,2,6-12H2,1H3,(H2,19,20,21). The van der Waals surface area contributed by atoms with Gasteiger partial charge in [-0.3, -0.25) is 4.90 Å². The second-order valence-electron chi connectivity index (χ2n) is 6.70. The van der Waals surface area contributed by atoms with Gasteiger partial charge in [0.2, 0.25) is 6.79 Å². The molecule has 0 amide bonds. The molecule has 2 fully saturated rings. The summed E-state index contributed by atoms with van der Waals surface area (Å²) >= 11 is 0. The van der Waals surface area contributed by atoms with Crippen LogP contribution < -0.4 is 20.1 Å². The van der Waals surface area contributed by atoms with E-state index in [-0.39, 0.29) is 0 Å². The van der Waals surface area contributed by atoms with Gasteiger partial charge in [-0.15, -0.1) is 0 Å². The highest BCUT2D eigenvalue weighted by Gasteiger charge is 2.34. The van der Waals surface area contributed by atoms with Crippen molar-refractivity contribution in [3.05, 3.63) is 23.8 Å². The molecule has 6 heteroatoms. The van der Waals surface area contributed by atoms with E-state index < -0.39 is 0 Å². The highest BCUT2D eigenvalue weighted by molar-refractivity contribution is 5.80. The number of hydrogen-bond donors (Lipinski definition) is 2. The van der Waals surface area contributed by atoms with Gasteiger partial charge in [0.15, 0.2) is 17.5 Å². The number of rotatable bonds is 5. The largest absolute Gasteiger partial charge is 0.454 e. The zero-order valence-corrected chi connectivity index (χ0v) is 14.3. The summed E-state index contributed by atoms with van der Waals surface area (Å²) in [7, 11) is 0. The summed E-state index contributed by atoms with van der Waals surface area (Å²) in [6.07, 6.45) is 3.95. The van der Waals surface area contributed by atoms with Gasteiger partial charge in [0, 0.05) is 37.3 Å². The van der Waals surface area contributed by atoms with E-state index in [9.17, 15) is 0 Å². The molecule has 1 unspecified atom stereocenters. The molecule has 0 bridgehead atoms. The Kier molecular flexibility index (Phi) is 4.47. The molecule has 1 aromatic carbocycles. The van der Waals surface area contributed by atoms with E-state index in [1.165, 1.54) is 25.8 Å².